The van der Waals surface area contributed by atoms with Gasteiger partial charge in [0.1, 0.15) is 0 Å². The molecule has 0 spiro atoms. The molecule has 0 aliphatic carbocycles. The first-order valence-electron chi connectivity index (χ1n) is 2.46. The van der Waals surface area contributed by atoms with Gasteiger partial charge in [0.05, 0.1) is 6.61 Å². The van der Waals surface area contributed by atoms with Crippen LogP contribution in [-0.4, -0.2) is 74.3 Å². The van der Waals surface area contributed by atoms with Crippen LogP contribution < -0.4 is 5.73 Å². The van der Waals surface area contributed by atoms with Crippen molar-refractivity contribution in [2.45, 2.75) is 6.42 Å². The molecule has 0 bridgehead atoms. The summed E-state index contributed by atoms with van der Waals surface area (Å²) < 4.78 is 14.0. The summed E-state index contributed by atoms with van der Waals surface area (Å²) in [5.41, 5.74) is 5.02. The van der Waals surface area contributed by atoms with Crippen molar-refractivity contribution in [3.63, 3.8) is 0 Å². The van der Waals surface area contributed by atoms with Gasteiger partial charge in [-0.3, -0.25) is 4.52 Å². The van der Waals surface area contributed by atoms with Crippen molar-refractivity contribution in [3.8, 4) is 0 Å². The van der Waals surface area contributed by atoms with E-state index in [9.17, 15) is 4.57 Å². The maximum atomic E-state index is 9.94. The van der Waals surface area contributed by atoms with Crippen LogP contribution in [0.15, 0.2) is 0 Å². The molecule has 0 fully saturated rings. The molecule has 0 saturated heterocycles. The third-order valence-corrected chi connectivity index (χ3v) is 1.13. The Hall–Kier alpha value is 1.71. The van der Waals surface area contributed by atoms with Crippen molar-refractivity contribution in [1.29, 1.82) is 0 Å². The number of hydrogen-bond donors (Lipinski definition) is 3. The molecule has 0 aliphatic heterocycles. The first kappa shape index (κ1) is 14.2. The molecule has 0 aromatic carbocycles. The van der Waals surface area contributed by atoms with Gasteiger partial charge in [0.2, 0.25) is 0 Å². The number of phosphoric acid groups is 1. The predicted octanol–water partition coefficient (Wildman–Crippen LogP) is -1.20. The Morgan fingerprint density at radius 2 is 2.00 bits per heavy atom. The Kier molecular flexibility index (Phi) is 10.5. The molecule has 0 rings (SSSR count). The van der Waals surface area contributed by atoms with Crippen molar-refractivity contribution in [2.75, 3.05) is 13.2 Å². The van der Waals surface area contributed by atoms with E-state index in [1.54, 1.807) is 0 Å². The fourth-order valence-electron chi connectivity index (χ4n) is 0.267. The van der Waals surface area contributed by atoms with Crippen LogP contribution in [0.1, 0.15) is 6.42 Å². The molecule has 0 aliphatic rings. The molecule has 0 heterocycles. The fourth-order valence-corrected chi connectivity index (χ4v) is 0.634. The quantitative estimate of drug-likeness (QED) is 0.297. The minimum atomic E-state index is -4.25. The first-order chi connectivity index (χ1) is 4.06. The standard InChI is InChI=1S/C3H10NO4P.K.H/c4-2-1-3-8-9(5,6)7;;/h1-4H2,(H2,5,6,7);;. The second-order valence-corrected chi connectivity index (χ2v) is 2.71. The summed E-state index contributed by atoms with van der Waals surface area (Å²) in [5.74, 6) is 0. The molecule has 58 valence electrons. The molecular weight excluding hydrogens is 184 g/mol. The molecule has 4 N–H and O–H groups in total. The molecule has 0 saturated carbocycles. The SMILES string of the molecule is NCCCOP(=O)(O)O.[KH]. The predicted molar refractivity (Wildman–Crippen MR) is 38.8 cm³/mol. The Labute approximate surface area is 102 Å². The van der Waals surface area contributed by atoms with Crippen molar-refractivity contribution in [2.24, 2.45) is 5.73 Å². The van der Waals surface area contributed by atoms with Crippen LogP contribution in [0.25, 0.3) is 0 Å². The van der Waals surface area contributed by atoms with Gasteiger partial charge in [0.25, 0.3) is 0 Å². The summed E-state index contributed by atoms with van der Waals surface area (Å²) in [6, 6.07) is 0. The molecule has 7 heteroatoms. The maximum absolute atomic E-state index is 9.94. The molecule has 0 atom stereocenters. The van der Waals surface area contributed by atoms with Gasteiger partial charge in [0.15, 0.2) is 0 Å². The van der Waals surface area contributed by atoms with Gasteiger partial charge in [-0.05, 0) is 13.0 Å². The van der Waals surface area contributed by atoms with Gasteiger partial charge in [-0.2, -0.15) is 0 Å². The molecule has 0 radical (unpaired) electrons. The van der Waals surface area contributed by atoms with Gasteiger partial charge in [-0.15, -0.1) is 0 Å². The zero-order chi connectivity index (χ0) is 7.33. The molecule has 0 unspecified atom stereocenters. The van der Waals surface area contributed by atoms with Crippen LogP contribution in [0.2, 0.25) is 0 Å². The summed E-state index contributed by atoms with van der Waals surface area (Å²) in [6.45, 7) is 0.390. The van der Waals surface area contributed by atoms with Gasteiger partial charge in [0, 0.05) is 0 Å². The Morgan fingerprint density at radius 1 is 1.50 bits per heavy atom. The third kappa shape index (κ3) is 12.4. The fraction of sp³-hybridized carbons (Fsp3) is 1.00. The van der Waals surface area contributed by atoms with E-state index < -0.39 is 7.82 Å². The summed E-state index contributed by atoms with van der Waals surface area (Å²) in [5, 5.41) is 0. The summed E-state index contributed by atoms with van der Waals surface area (Å²) in [4.78, 5) is 16.2. The van der Waals surface area contributed by atoms with Crippen LogP contribution in [0, 0.1) is 0 Å². The van der Waals surface area contributed by atoms with E-state index >= 15 is 0 Å². The number of phosphoric ester groups is 1. The second kappa shape index (κ2) is 7.36. The normalized spacial score (nSPS) is 10.7. The van der Waals surface area contributed by atoms with Crippen LogP contribution in [0.3, 0.4) is 0 Å². The molecule has 5 nitrogen and oxygen atoms in total. The van der Waals surface area contributed by atoms with Gasteiger partial charge >= 0.3 is 59.2 Å². The molecular formula is C3H11KNO4P. The van der Waals surface area contributed by atoms with E-state index in [-0.39, 0.29) is 58.0 Å². The zero-order valence-corrected chi connectivity index (χ0v) is 5.75. The number of rotatable bonds is 4. The van der Waals surface area contributed by atoms with Crippen molar-refractivity contribution < 1.29 is 18.9 Å². The van der Waals surface area contributed by atoms with Crippen molar-refractivity contribution >= 4 is 59.2 Å². The Bertz CT molecular complexity index is 115. The monoisotopic (exact) mass is 195 g/mol. The van der Waals surface area contributed by atoms with Crippen LogP contribution >= 0.6 is 7.82 Å². The van der Waals surface area contributed by atoms with Gasteiger partial charge in [-0.25, -0.2) is 4.57 Å². The molecule has 0 aromatic heterocycles. The van der Waals surface area contributed by atoms with Gasteiger partial charge < -0.3 is 15.5 Å². The van der Waals surface area contributed by atoms with Crippen LogP contribution in [0.5, 0.6) is 0 Å². The Morgan fingerprint density at radius 3 is 2.30 bits per heavy atom. The molecule has 0 amide bonds. The number of nitrogens with two attached hydrogens (primary N) is 1. The Balaban J connectivity index is 0. The van der Waals surface area contributed by atoms with E-state index in [4.69, 9.17) is 15.5 Å². The van der Waals surface area contributed by atoms with Crippen LogP contribution in [0.4, 0.5) is 0 Å². The summed E-state index contributed by atoms with van der Waals surface area (Å²) in [6.07, 6.45) is 0.463. The third-order valence-electron chi connectivity index (χ3n) is 0.608. The second-order valence-electron chi connectivity index (χ2n) is 1.47. The van der Waals surface area contributed by atoms with E-state index in [0.717, 1.165) is 0 Å². The minimum absolute atomic E-state index is 0. The topological polar surface area (TPSA) is 92.8 Å². The molecule has 10 heavy (non-hydrogen) atoms. The number of hydrogen-bond acceptors (Lipinski definition) is 3. The van der Waals surface area contributed by atoms with E-state index in [1.165, 1.54) is 0 Å². The molecule has 0 aromatic rings. The summed E-state index contributed by atoms with van der Waals surface area (Å²) >= 11 is 0. The van der Waals surface area contributed by atoms with Crippen LogP contribution in [-0.2, 0) is 9.09 Å². The average Bonchev–Trinajstić information content (AvgIpc) is 1.63. The van der Waals surface area contributed by atoms with E-state index in [2.05, 4.69) is 4.52 Å². The first-order valence-corrected chi connectivity index (χ1v) is 3.99. The van der Waals surface area contributed by atoms with E-state index in [1.807, 2.05) is 0 Å². The average molecular weight is 195 g/mol. The summed E-state index contributed by atoms with van der Waals surface area (Å²) in [7, 11) is -4.25. The van der Waals surface area contributed by atoms with Crippen molar-refractivity contribution in [3.05, 3.63) is 0 Å². The van der Waals surface area contributed by atoms with Crippen molar-refractivity contribution in [1.82, 2.24) is 0 Å². The zero-order valence-electron chi connectivity index (χ0n) is 4.86. The van der Waals surface area contributed by atoms with Gasteiger partial charge in [-0.1, -0.05) is 0 Å². The van der Waals surface area contributed by atoms with E-state index in [0.29, 0.717) is 13.0 Å².